The van der Waals surface area contributed by atoms with E-state index in [1.807, 2.05) is 13.8 Å². The molecule has 98 valence electrons. The maximum atomic E-state index is 12.0. The van der Waals surface area contributed by atoms with Crippen LogP contribution in [0, 0.1) is 25.7 Å². The van der Waals surface area contributed by atoms with Crippen LogP contribution in [0.25, 0.3) is 0 Å². The number of aliphatic hydroxyl groups excluding tert-OH is 1. The number of carbonyl (C=O) groups excluding carboxylic acids is 1. The molecule has 1 amide bonds. The van der Waals surface area contributed by atoms with Gasteiger partial charge in [-0.1, -0.05) is 11.8 Å². The molecule has 2 aromatic rings. The summed E-state index contributed by atoms with van der Waals surface area (Å²) in [6.07, 6.45) is 0. The smallest absolute Gasteiger partial charge is 0.258 e. The molecule has 0 aromatic carbocycles. The molecule has 19 heavy (non-hydrogen) atoms. The summed E-state index contributed by atoms with van der Waals surface area (Å²) in [5.74, 6) is 5.13. The Bertz CT molecular complexity index is 642. The fourth-order valence-corrected chi connectivity index (χ4v) is 2.91. The van der Waals surface area contributed by atoms with E-state index in [1.165, 1.54) is 22.7 Å². The van der Waals surface area contributed by atoms with E-state index in [9.17, 15) is 4.79 Å². The van der Waals surface area contributed by atoms with Gasteiger partial charge in [0.2, 0.25) is 0 Å². The minimum absolute atomic E-state index is 0.183. The molecule has 6 heteroatoms. The van der Waals surface area contributed by atoms with Crippen molar-refractivity contribution in [1.29, 1.82) is 0 Å². The van der Waals surface area contributed by atoms with E-state index in [0.717, 1.165) is 15.4 Å². The van der Waals surface area contributed by atoms with Crippen LogP contribution in [0.2, 0.25) is 0 Å². The van der Waals surface area contributed by atoms with E-state index in [0.29, 0.717) is 10.7 Å². The molecule has 0 spiro atoms. The first-order valence-corrected chi connectivity index (χ1v) is 7.23. The second-order valence-electron chi connectivity index (χ2n) is 3.77. The maximum Gasteiger partial charge on any atom is 0.258 e. The van der Waals surface area contributed by atoms with Crippen LogP contribution >= 0.6 is 22.7 Å². The molecular formula is C13H12N2O2S2. The molecule has 0 bridgehead atoms. The Morgan fingerprint density at radius 3 is 2.95 bits per heavy atom. The average molecular weight is 292 g/mol. The predicted octanol–water partition coefficient (Wildman–Crippen LogP) is 2.42. The monoisotopic (exact) mass is 292 g/mol. The van der Waals surface area contributed by atoms with Crippen molar-refractivity contribution in [2.24, 2.45) is 0 Å². The lowest BCUT2D eigenvalue weighted by Gasteiger charge is -1.97. The van der Waals surface area contributed by atoms with Crippen molar-refractivity contribution in [3.05, 3.63) is 32.5 Å². The minimum Gasteiger partial charge on any atom is -0.384 e. The fourth-order valence-electron chi connectivity index (χ4n) is 1.34. The molecule has 4 nitrogen and oxygen atoms in total. The zero-order chi connectivity index (χ0) is 13.8. The molecule has 0 unspecified atom stereocenters. The second kappa shape index (κ2) is 5.97. The standard InChI is InChI=1S/C13H12N2O2S2/c1-8-9(2)19-13(14-8)15-12(17)10-6-11(18-7-10)4-3-5-16/h6-7,16H,5H2,1-2H3,(H,14,15,17). The van der Waals surface area contributed by atoms with Gasteiger partial charge < -0.3 is 5.11 Å². The van der Waals surface area contributed by atoms with Gasteiger partial charge in [-0.2, -0.15) is 0 Å². The molecule has 0 atom stereocenters. The van der Waals surface area contributed by atoms with Crippen LogP contribution in [-0.4, -0.2) is 22.6 Å². The van der Waals surface area contributed by atoms with Crippen LogP contribution in [-0.2, 0) is 0 Å². The van der Waals surface area contributed by atoms with Crippen molar-refractivity contribution in [3.8, 4) is 11.8 Å². The Hall–Kier alpha value is -1.68. The molecule has 2 aromatic heterocycles. The Morgan fingerprint density at radius 1 is 1.53 bits per heavy atom. The number of carbonyl (C=O) groups is 1. The number of hydrogen-bond donors (Lipinski definition) is 2. The first kappa shape index (κ1) is 13.7. The van der Waals surface area contributed by atoms with Crippen LogP contribution in [0.5, 0.6) is 0 Å². The van der Waals surface area contributed by atoms with E-state index in [2.05, 4.69) is 22.1 Å². The molecule has 0 aliphatic rings. The summed E-state index contributed by atoms with van der Waals surface area (Å²) in [4.78, 5) is 18.1. The molecule has 2 N–H and O–H groups in total. The highest BCUT2D eigenvalue weighted by molar-refractivity contribution is 7.15. The highest BCUT2D eigenvalue weighted by Crippen LogP contribution is 2.22. The Morgan fingerprint density at radius 2 is 2.32 bits per heavy atom. The van der Waals surface area contributed by atoms with Gasteiger partial charge in [0.05, 0.1) is 16.1 Å². The fraction of sp³-hybridized carbons (Fsp3) is 0.231. The Balaban J connectivity index is 2.09. The van der Waals surface area contributed by atoms with Gasteiger partial charge in [-0.25, -0.2) is 4.98 Å². The number of rotatable bonds is 2. The second-order valence-corrected chi connectivity index (χ2v) is 5.89. The van der Waals surface area contributed by atoms with Crippen LogP contribution in [0.4, 0.5) is 5.13 Å². The zero-order valence-corrected chi connectivity index (χ0v) is 12.1. The van der Waals surface area contributed by atoms with Crippen molar-refractivity contribution in [2.75, 3.05) is 11.9 Å². The first-order valence-electron chi connectivity index (χ1n) is 5.54. The van der Waals surface area contributed by atoms with Crippen LogP contribution in [0.1, 0.15) is 25.8 Å². The summed E-state index contributed by atoms with van der Waals surface area (Å²) < 4.78 is 0. The lowest BCUT2D eigenvalue weighted by Crippen LogP contribution is -2.10. The highest BCUT2D eigenvalue weighted by Gasteiger charge is 2.11. The van der Waals surface area contributed by atoms with Crippen LogP contribution in [0.3, 0.4) is 0 Å². The summed E-state index contributed by atoms with van der Waals surface area (Å²) in [6, 6.07) is 1.70. The lowest BCUT2D eigenvalue weighted by molar-refractivity contribution is 0.102. The van der Waals surface area contributed by atoms with Gasteiger partial charge in [-0.05, 0) is 19.9 Å². The minimum atomic E-state index is -0.193. The molecule has 0 aliphatic carbocycles. The topological polar surface area (TPSA) is 62.2 Å². The third-order valence-corrected chi connectivity index (χ3v) is 4.24. The van der Waals surface area contributed by atoms with Crippen molar-refractivity contribution in [2.45, 2.75) is 13.8 Å². The van der Waals surface area contributed by atoms with Crippen LogP contribution < -0.4 is 5.32 Å². The van der Waals surface area contributed by atoms with Crippen molar-refractivity contribution in [1.82, 2.24) is 4.98 Å². The third-order valence-electron chi connectivity index (χ3n) is 2.40. The SMILES string of the molecule is Cc1nc(NC(=O)c2csc(C#CCO)c2)sc1C. The van der Waals surface area contributed by atoms with Gasteiger partial charge in [-0.3, -0.25) is 10.1 Å². The maximum absolute atomic E-state index is 12.0. The number of nitrogens with zero attached hydrogens (tertiary/aromatic N) is 1. The first-order chi connectivity index (χ1) is 9.10. The summed E-state index contributed by atoms with van der Waals surface area (Å²) in [5.41, 5.74) is 1.48. The zero-order valence-electron chi connectivity index (χ0n) is 10.5. The van der Waals surface area contributed by atoms with E-state index >= 15 is 0 Å². The quantitative estimate of drug-likeness (QED) is 0.836. The number of aryl methyl sites for hydroxylation is 2. The van der Waals surface area contributed by atoms with Gasteiger partial charge >= 0.3 is 0 Å². The number of aliphatic hydroxyl groups is 1. The number of thiophene rings is 1. The summed E-state index contributed by atoms with van der Waals surface area (Å²) in [5, 5.41) is 13.7. The predicted molar refractivity (Wildman–Crippen MR) is 77.8 cm³/mol. The van der Waals surface area contributed by atoms with Gasteiger partial charge in [-0.15, -0.1) is 22.7 Å². The molecule has 0 saturated carbocycles. The van der Waals surface area contributed by atoms with Crippen molar-refractivity contribution < 1.29 is 9.90 Å². The number of aromatic nitrogens is 1. The van der Waals surface area contributed by atoms with E-state index in [4.69, 9.17) is 5.11 Å². The molecule has 2 heterocycles. The van der Waals surface area contributed by atoms with E-state index < -0.39 is 0 Å². The Kier molecular flexibility index (Phi) is 4.32. The summed E-state index contributed by atoms with van der Waals surface area (Å²) in [6.45, 7) is 3.70. The number of anilines is 1. The molecular weight excluding hydrogens is 280 g/mol. The Labute approximate surface area is 119 Å². The van der Waals surface area contributed by atoms with Gasteiger partial charge in [0, 0.05) is 10.3 Å². The lowest BCUT2D eigenvalue weighted by atomic mass is 10.3. The van der Waals surface area contributed by atoms with E-state index in [1.54, 1.807) is 11.4 Å². The van der Waals surface area contributed by atoms with Crippen molar-refractivity contribution >= 4 is 33.7 Å². The van der Waals surface area contributed by atoms with Crippen molar-refractivity contribution in [3.63, 3.8) is 0 Å². The number of nitrogens with one attached hydrogen (secondary N) is 1. The average Bonchev–Trinajstić information content (AvgIpc) is 2.95. The van der Waals surface area contributed by atoms with Gasteiger partial charge in [0.15, 0.2) is 5.13 Å². The number of hydrogen-bond acceptors (Lipinski definition) is 5. The molecule has 0 fully saturated rings. The molecule has 0 aliphatic heterocycles. The number of amides is 1. The molecule has 0 saturated heterocycles. The molecule has 2 rings (SSSR count). The largest absolute Gasteiger partial charge is 0.384 e. The van der Waals surface area contributed by atoms with E-state index in [-0.39, 0.29) is 12.5 Å². The normalized spacial score (nSPS) is 9.84. The van der Waals surface area contributed by atoms with Crippen LogP contribution in [0.15, 0.2) is 11.4 Å². The third kappa shape index (κ3) is 3.41. The van der Waals surface area contributed by atoms with Gasteiger partial charge in [0.1, 0.15) is 6.61 Å². The summed E-state index contributed by atoms with van der Waals surface area (Å²) >= 11 is 2.83. The number of thiazole rings is 1. The summed E-state index contributed by atoms with van der Waals surface area (Å²) in [7, 11) is 0. The van der Waals surface area contributed by atoms with Gasteiger partial charge in [0.25, 0.3) is 5.91 Å². The molecule has 0 radical (unpaired) electrons. The highest BCUT2D eigenvalue weighted by atomic mass is 32.1.